The van der Waals surface area contributed by atoms with Gasteiger partial charge in [-0.1, -0.05) is 0 Å². The van der Waals surface area contributed by atoms with Crippen molar-refractivity contribution in [2.24, 2.45) is 5.73 Å². The lowest BCUT2D eigenvalue weighted by Crippen LogP contribution is -2.09. The van der Waals surface area contributed by atoms with Crippen LogP contribution in [-0.4, -0.2) is 18.3 Å². The molecule has 0 aromatic carbocycles. The summed E-state index contributed by atoms with van der Waals surface area (Å²) in [7, 11) is 0. The van der Waals surface area contributed by atoms with Gasteiger partial charge in [0.05, 0.1) is 35.9 Å². The Bertz CT molecular complexity index is 405. The fraction of sp³-hybridized carbons (Fsp3) is 0.375. The van der Waals surface area contributed by atoms with Crippen molar-refractivity contribution in [3.8, 4) is 0 Å². The Morgan fingerprint density at radius 2 is 2.36 bits per heavy atom. The monoisotopic (exact) mass is 209 g/mol. The van der Waals surface area contributed by atoms with Gasteiger partial charge in [-0.3, -0.25) is 0 Å². The zero-order valence-electron chi connectivity index (χ0n) is 7.84. The molecule has 2 aromatic heterocycles. The van der Waals surface area contributed by atoms with E-state index in [1.807, 2.05) is 6.92 Å². The molecule has 0 aliphatic carbocycles. The van der Waals surface area contributed by atoms with E-state index in [9.17, 15) is 0 Å². The van der Waals surface area contributed by atoms with Gasteiger partial charge >= 0.3 is 0 Å². The first kappa shape index (κ1) is 9.29. The van der Waals surface area contributed by atoms with Crippen molar-refractivity contribution in [2.45, 2.75) is 20.0 Å². The number of aryl methyl sites for hydroxylation is 1. The lowest BCUT2D eigenvalue weighted by molar-refractivity contribution is 0.703. The summed E-state index contributed by atoms with van der Waals surface area (Å²) in [5.41, 5.74) is 7.57. The van der Waals surface area contributed by atoms with Gasteiger partial charge < -0.3 is 10.3 Å². The molecule has 0 saturated heterocycles. The standard InChI is InChI=1S/C8H11N5S/c1-6-10-4-8(2-9)13(6)5-7-3-11-14-12-7/h3-4H,2,5,9H2,1H3. The van der Waals surface area contributed by atoms with Crippen LogP contribution in [0.15, 0.2) is 12.4 Å². The predicted octanol–water partition coefficient (Wildman–Crippen LogP) is 0.550. The van der Waals surface area contributed by atoms with Gasteiger partial charge in [0.1, 0.15) is 5.82 Å². The third kappa shape index (κ3) is 1.66. The Balaban J connectivity index is 2.27. The maximum absolute atomic E-state index is 5.60. The van der Waals surface area contributed by atoms with Gasteiger partial charge in [-0.15, -0.1) is 0 Å². The zero-order chi connectivity index (χ0) is 9.97. The Labute approximate surface area is 85.9 Å². The molecule has 74 valence electrons. The van der Waals surface area contributed by atoms with Crippen molar-refractivity contribution in [1.29, 1.82) is 0 Å². The summed E-state index contributed by atoms with van der Waals surface area (Å²) in [4.78, 5) is 4.21. The SMILES string of the molecule is Cc1ncc(CN)n1Cc1cnsn1. The number of hydrogen-bond acceptors (Lipinski definition) is 5. The minimum absolute atomic E-state index is 0.498. The van der Waals surface area contributed by atoms with Crippen LogP contribution >= 0.6 is 11.7 Å². The van der Waals surface area contributed by atoms with Crippen LogP contribution in [0, 0.1) is 6.92 Å². The molecule has 0 aliphatic rings. The van der Waals surface area contributed by atoms with Crippen molar-refractivity contribution < 1.29 is 0 Å². The normalized spacial score (nSPS) is 10.7. The average molecular weight is 209 g/mol. The van der Waals surface area contributed by atoms with Crippen LogP contribution in [0.1, 0.15) is 17.2 Å². The Morgan fingerprint density at radius 3 is 3.00 bits per heavy atom. The zero-order valence-corrected chi connectivity index (χ0v) is 8.66. The fourth-order valence-electron chi connectivity index (χ4n) is 1.31. The minimum atomic E-state index is 0.498. The molecule has 2 aromatic rings. The number of hydrogen-bond donors (Lipinski definition) is 1. The van der Waals surface area contributed by atoms with Gasteiger partial charge in [-0.2, -0.15) is 8.75 Å². The van der Waals surface area contributed by atoms with E-state index in [0.29, 0.717) is 13.1 Å². The molecule has 0 bridgehead atoms. The average Bonchev–Trinajstić information content (AvgIpc) is 2.79. The highest BCUT2D eigenvalue weighted by Gasteiger charge is 2.06. The molecule has 5 nitrogen and oxygen atoms in total. The molecule has 0 aliphatic heterocycles. The van der Waals surface area contributed by atoms with Crippen LogP contribution < -0.4 is 5.73 Å². The van der Waals surface area contributed by atoms with Crippen LogP contribution in [-0.2, 0) is 13.1 Å². The largest absolute Gasteiger partial charge is 0.325 e. The lowest BCUT2D eigenvalue weighted by atomic mass is 10.4. The molecular formula is C8H11N5S. The van der Waals surface area contributed by atoms with Gasteiger partial charge in [-0.25, -0.2) is 4.98 Å². The Morgan fingerprint density at radius 1 is 1.50 bits per heavy atom. The van der Waals surface area contributed by atoms with E-state index in [2.05, 4.69) is 18.3 Å². The van der Waals surface area contributed by atoms with Gasteiger partial charge in [0, 0.05) is 12.7 Å². The Hall–Kier alpha value is -1.27. The number of imidazole rings is 1. The number of aromatic nitrogens is 4. The summed E-state index contributed by atoms with van der Waals surface area (Å²) >= 11 is 1.22. The van der Waals surface area contributed by atoms with E-state index in [4.69, 9.17) is 5.73 Å². The van der Waals surface area contributed by atoms with E-state index in [-0.39, 0.29) is 0 Å². The maximum atomic E-state index is 5.60. The first-order valence-electron chi connectivity index (χ1n) is 4.28. The van der Waals surface area contributed by atoms with Crippen LogP contribution in [0.25, 0.3) is 0 Å². The van der Waals surface area contributed by atoms with Crippen LogP contribution in [0.5, 0.6) is 0 Å². The molecule has 14 heavy (non-hydrogen) atoms. The molecule has 2 N–H and O–H groups in total. The van der Waals surface area contributed by atoms with Gasteiger partial charge in [0.25, 0.3) is 0 Å². The molecular weight excluding hydrogens is 198 g/mol. The second kappa shape index (κ2) is 3.85. The van der Waals surface area contributed by atoms with Gasteiger partial charge in [0.15, 0.2) is 0 Å². The first-order valence-corrected chi connectivity index (χ1v) is 5.02. The number of rotatable bonds is 3. The summed E-state index contributed by atoms with van der Waals surface area (Å²) in [6.07, 6.45) is 3.57. The van der Waals surface area contributed by atoms with Crippen LogP contribution in [0.3, 0.4) is 0 Å². The molecule has 2 heterocycles. The highest BCUT2D eigenvalue weighted by Crippen LogP contribution is 2.07. The van der Waals surface area contributed by atoms with Crippen LogP contribution in [0.4, 0.5) is 0 Å². The first-order chi connectivity index (χ1) is 6.81. The van der Waals surface area contributed by atoms with Crippen molar-refractivity contribution in [3.63, 3.8) is 0 Å². The highest BCUT2D eigenvalue weighted by atomic mass is 32.1. The summed E-state index contributed by atoms with van der Waals surface area (Å²) < 4.78 is 10.2. The molecule has 0 spiro atoms. The maximum Gasteiger partial charge on any atom is 0.106 e. The molecule has 0 unspecified atom stereocenters. The summed E-state index contributed by atoms with van der Waals surface area (Å²) in [5, 5.41) is 0. The number of nitrogens with zero attached hydrogens (tertiary/aromatic N) is 4. The van der Waals surface area contributed by atoms with Crippen molar-refractivity contribution in [2.75, 3.05) is 0 Å². The van der Waals surface area contributed by atoms with Crippen molar-refractivity contribution in [3.05, 3.63) is 29.6 Å². The van der Waals surface area contributed by atoms with E-state index in [1.54, 1.807) is 12.4 Å². The molecule has 0 amide bonds. The molecule has 0 fully saturated rings. The predicted molar refractivity (Wildman–Crippen MR) is 53.9 cm³/mol. The number of nitrogens with two attached hydrogens (primary N) is 1. The van der Waals surface area contributed by atoms with E-state index in [1.165, 1.54) is 11.7 Å². The van der Waals surface area contributed by atoms with E-state index < -0.39 is 0 Å². The second-order valence-corrected chi connectivity index (χ2v) is 3.54. The molecule has 2 rings (SSSR count). The topological polar surface area (TPSA) is 69.6 Å². The minimum Gasteiger partial charge on any atom is -0.325 e. The second-order valence-electron chi connectivity index (χ2n) is 2.99. The smallest absolute Gasteiger partial charge is 0.106 e. The van der Waals surface area contributed by atoms with Gasteiger partial charge in [-0.05, 0) is 6.92 Å². The van der Waals surface area contributed by atoms with Gasteiger partial charge in [0.2, 0.25) is 0 Å². The molecule has 0 atom stereocenters. The van der Waals surface area contributed by atoms with E-state index >= 15 is 0 Å². The molecule has 6 heteroatoms. The quantitative estimate of drug-likeness (QED) is 0.801. The summed E-state index contributed by atoms with van der Waals surface area (Å²) in [5.74, 6) is 0.957. The molecule has 0 radical (unpaired) electrons. The third-order valence-corrected chi connectivity index (χ3v) is 2.59. The lowest BCUT2D eigenvalue weighted by Gasteiger charge is -2.05. The van der Waals surface area contributed by atoms with Crippen LogP contribution in [0.2, 0.25) is 0 Å². The van der Waals surface area contributed by atoms with Crippen molar-refractivity contribution >= 4 is 11.7 Å². The summed E-state index contributed by atoms with van der Waals surface area (Å²) in [6.45, 7) is 3.16. The van der Waals surface area contributed by atoms with Crippen molar-refractivity contribution in [1.82, 2.24) is 18.3 Å². The molecule has 0 saturated carbocycles. The fourth-order valence-corrected chi connectivity index (χ4v) is 1.74. The highest BCUT2D eigenvalue weighted by molar-refractivity contribution is 6.99. The van der Waals surface area contributed by atoms with E-state index in [0.717, 1.165) is 17.2 Å². The summed E-state index contributed by atoms with van der Waals surface area (Å²) in [6, 6.07) is 0. The Kier molecular flexibility index (Phi) is 2.55. The third-order valence-electron chi connectivity index (χ3n) is 2.07.